The van der Waals surface area contributed by atoms with Crippen LogP contribution in [0.1, 0.15) is 25.1 Å². The van der Waals surface area contributed by atoms with Crippen LogP contribution in [0, 0.1) is 5.82 Å². The normalized spacial score (nSPS) is 11.9. The van der Waals surface area contributed by atoms with Gasteiger partial charge >= 0.3 is 0 Å². The van der Waals surface area contributed by atoms with Crippen LogP contribution >= 0.6 is 0 Å². The molecule has 0 atom stereocenters. The standard InChI is InChI=1S/C23H25FN4O3S/c1-3-27(4-2)32(30,31)20-12-9-18(10-13-20)11-14-23(29)25-17-19-15-16-28(26-19)22-8-6-5-7-21(22)24/h5-16H,3-4,17H2,1-2H3,(H,25,29). The third-order valence-electron chi connectivity index (χ3n) is 4.84. The zero-order chi connectivity index (χ0) is 23.1. The number of benzene rings is 2. The maximum Gasteiger partial charge on any atom is 0.244 e. The van der Waals surface area contributed by atoms with Crippen molar-refractivity contribution in [2.45, 2.75) is 25.3 Å². The quantitative estimate of drug-likeness (QED) is 0.501. The highest BCUT2D eigenvalue weighted by atomic mass is 32.2. The minimum atomic E-state index is -3.51. The molecule has 3 aromatic rings. The average molecular weight is 457 g/mol. The number of hydrogen-bond acceptors (Lipinski definition) is 4. The summed E-state index contributed by atoms with van der Waals surface area (Å²) in [4.78, 5) is 12.3. The molecular weight excluding hydrogens is 431 g/mol. The molecule has 9 heteroatoms. The summed E-state index contributed by atoms with van der Waals surface area (Å²) in [6.45, 7) is 4.58. The first-order valence-corrected chi connectivity index (χ1v) is 11.6. The van der Waals surface area contributed by atoms with Crippen molar-refractivity contribution in [3.05, 3.63) is 83.9 Å². The maximum atomic E-state index is 13.9. The van der Waals surface area contributed by atoms with Gasteiger partial charge in [0.15, 0.2) is 0 Å². The summed E-state index contributed by atoms with van der Waals surface area (Å²) in [6.07, 6.45) is 4.59. The molecule has 0 saturated heterocycles. The van der Waals surface area contributed by atoms with Crippen molar-refractivity contribution in [3.8, 4) is 5.69 Å². The summed E-state index contributed by atoms with van der Waals surface area (Å²) >= 11 is 0. The second-order valence-corrected chi connectivity index (χ2v) is 8.85. The van der Waals surface area contributed by atoms with Gasteiger partial charge in [-0.1, -0.05) is 38.1 Å². The number of nitrogens with one attached hydrogen (secondary N) is 1. The van der Waals surface area contributed by atoms with Crippen molar-refractivity contribution < 1.29 is 17.6 Å². The Morgan fingerprint density at radius 1 is 1.09 bits per heavy atom. The molecule has 1 heterocycles. The van der Waals surface area contributed by atoms with Crippen LogP contribution in [0.15, 0.2) is 71.8 Å². The number of aromatic nitrogens is 2. The van der Waals surface area contributed by atoms with Gasteiger partial charge in [-0.05, 0) is 42.0 Å². The second-order valence-electron chi connectivity index (χ2n) is 6.91. The van der Waals surface area contributed by atoms with Gasteiger partial charge in [0, 0.05) is 25.4 Å². The molecule has 0 radical (unpaired) electrons. The predicted molar refractivity (Wildman–Crippen MR) is 121 cm³/mol. The van der Waals surface area contributed by atoms with E-state index in [2.05, 4.69) is 10.4 Å². The van der Waals surface area contributed by atoms with Crippen molar-refractivity contribution in [1.29, 1.82) is 0 Å². The summed E-state index contributed by atoms with van der Waals surface area (Å²) in [5.74, 6) is -0.713. The number of carbonyl (C=O) groups excluding carboxylic acids is 1. The van der Waals surface area contributed by atoms with Crippen LogP contribution in [0.3, 0.4) is 0 Å². The third-order valence-corrected chi connectivity index (χ3v) is 6.90. The minimum absolute atomic E-state index is 0.186. The molecular formula is C23H25FN4O3S. The second kappa shape index (κ2) is 10.3. The summed E-state index contributed by atoms with van der Waals surface area (Å²) < 4.78 is 41.7. The Labute approximate surface area is 187 Å². The lowest BCUT2D eigenvalue weighted by atomic mass is 10.2. The number of para-hydroxylation sites is 1. The Kier molecular flexibility index (Phi) is 7.55. The summed E-state index contributed by atoms with van der Waals surface area (Å²) in [6, 6.07) is 14.4. The number of rotatable bonds is 9. The fourth-order valence-corrected chi connectivity index (χ4v) is 4.56. The smallest absolute Gasteiger partial charge is 0.244 e. The molecule has 0 fully saturated rings. The fraction of sp³-hybridized carbons (Fsp3) is 0.217. The number of amides is 1. The highest BCUT2D eigenvalue weighted by molar-refractivity contribution is 7.89. The van der Waals surface area contributed by atoms with Gasteiger partial charge in [-0.25, -0.2) is 17.5 Å². The Morgan fingerprint density at radius 2 is 1.78 bits per heavy atom. The van der Waals surface area contributed by atoms with Gasteiger partial charge in [0.2, 0.25) is 15.9 Å². The zero-order valence-electron chi connectivity index (χ0n) is 17.9. The Morgan fingerprint density at radius 3 is 2.44 bits per heavy atom. The molecule has 0 aliphatic heterocycles. The van der Waals surface area contributed by atoms with E-state index in [4.69, 9.17) is 0 Å². The molecule has 1 N–H and O–H groups in total. The first-order chi connectivity index (χ1) is 15.3. The van der Waals surface area contributed by atoms with Crippen LogP contribution in [0.5, 0.6) is 0 Å². The van der Waals surface area contributed by atoms with E-state index >= 15 is 0 Å². The van der Waals surface area contributed by atoms with Crippen LogP contribution in [0.25, 0.3) is 11.8 Å². The van der Waals surface area contributed by atoms with Gasteiger partial charge < -0.3 is 5.32 Å². The molecule has 2 aromatic carbocycles. The highest BCUT2D eigenvalue weighted by Gasteiger charge is 2.20. The van der Waals surface area contributed by atoms with Gasteiger partial charge in [-0.2, -0.15) is 9.40 Å². The maximum absolute atomic E-state index is 13.9. The van der Waals surface area contributed by atoms with Crippen molar-refractivity contribution in [1.82, 2.24) is 19.4 Å². The molecule has 3 rings (SSSR count). The molecule has 7 nitrogen and oxygen atoms in total. The topological polar surface area (TPSA) is 84.3 Å². The van der Waals surface area contributed by atoms with E-state index in [0.717, 1.165) is 0 Å². The van der Waals surface area contributed by atoms with Crippen molar-refractivity contribution in [2.75, 3.05) is 13.1 Å². The monoisotopic (exact) mass is 456 g/mol. The van der Waals surface area contributed by atoms with Crippen LogP contribution in [0.2, 0.25) is 0 Å². The molecule has 0 bridgehead atoms. The Hall–Kier alpha value is -3.30. The van der Waals surface area contributed by atoms with Gasteiger partial charge in [0.05, 0.1) is 17.1 Å². The van der Waals surface area contributed by atoms with Crippen molar-refractivity contribution in [2.24, 2.45) is 0 Å². The van der Waals surface area contributed by atoms with Gasteiger partial charge in [-0.3, -0.25) is 4.79 Å². The summed E-state index contributed by atoms with van der Waals surface area (Å²) in [5, 5.41) is 6.99. The van der Waals surface area contributed by atoms with Crippen LogP contribution in [0.4, 0.5) is 4.39 Å². The van der Waals surface area contributed by atoms with E-state index in [1.54, 1.807) is 62.5 Å². The Balaban J connectivity index is 1.58. The third kappa shape index (κ3) is 5.49. The van der Waals surface area contributed by atoms with Crippen LogP contribution in [-0.4, -0.2) is 41.5 Å². The molecule has 0 unspecified atom stereocenters. The molecule has 0 saturated carbocycles. The van der Waals surface area contributed by atoms with Gasteiger partial charge in [0.25, 0.3) is 0 Å². The largest absolute Gasteiger partial charge is 0.347 e. The lowest BCUT2D eigenvalue weighted by molar-refractivity contribution is -0.116. The molecule has 0 aliphatic rings. The molecule has 0 aliphatic carbocycles. The number of halogens is 1. The molecule has 1 aromatic heterocycles. The highest BCUT2D eigenvalue weighted by Crippen LogP contribution is 2.17. The van der Waals surface area contributed by atoms with Crippen LogP contribution in [-0.2, 0) is 21.4 Å². The number of hydrogen-bond donors (Lipinski definition) is 1. The van der Waals surface area contributed by atoms with Gasteiger partial charge in [-0.15, -0.1) is 0 Å². The average Bonchev–Trinajstić information content (AvgIpc) is 3.26. The minimum Gasteiger partial charge on any atom is -0.347 e. The van der Waals surface area contributed by atoms with E-state index < -0.39 is 10.0 Å². The van der Waals surface area contributed by atoms with E-state index in [-0.39, 0.29) is 23.2 Å². The first kappa shape index (κ1) is 23.4. The summed E-state index contributed by atoms with van der Waals surface area (Å²) in [5.41, 5.74) is 1.61. The fourth-order valence-electron chi connectivity index (χ4n) is 3.10. The molecule has 32 heavy (non-hydrogen) atoms. The predicted octanol–water partition coefficient (Wildman–Crippen LogP) is 3.37. The number of nitrogens with zero attached hydrogens (tertiary/aromatic N) is 3. The van der Waals surface area contributed by atoms with Crippen molar-refractivity contribution in [3.63, 3.8) is 0 Å². The number of carbonyl (C=O) groups is 1. The molecule has 168 valence electrons. The lowest BCUT2D eigenvalue weighted by Gasteiger charge is -2.18. The lowest BCUT2D eigenvalue weighted by Crippen LogP contribution is -2.30. The van der Waals surface area contributed by atoms with E-state index in [1.165, 1.54) is 33.3 Å². The summed E-state index contributed by atoms with van der Waals surface area (Å²) in [7, 11) is -3.51. The SMILES string of the molecule is CCN(CC)S(=O)(=O)c1ccc(C=CC(=O)NCc2ccn(-c3ccccc3F)n2)cc1. The zero-order valence-corrected chi connectivity index (χ0v) is 18.7. The Bertz CT molecular complexity index is 1200. The van der Waals surface area contributed by atoms with Crippen molar-refractivity contribution >= 4 is 22.0 Å². The number of sulfonamides is 1. The molecule has 0 spiro atoms. The molecule has 1 amide bonds. The van der Waals surface area contributed by atoms with E-state index in [9.17, 15) is 17.6 Å². The van der Waals surface area contributed by atoms with E-state index in [1.807, 2.05) is 0 Å². The first-order valence-electron chi connectivity index (χ1n) is 10.2. The van der Waals surface area contributed by atoms with Gasteiger partial charge in [0.1, 0.15) is 11.5 Å². The van der Waals surface area contributed by atoms with Crippen LogP contribution < -0.4 is 5.32 Å². The van der Waals surface area contributed by atoms with E-state index in [0.29, 0.717) is 30.0 Å².